The fraction of sp³-hybridized carbons (Fsp3) is 0.700. The second kappa shape index (κ2) is 7.97. The molecule has 0 aliphatic heterocycles. The summed E-state index contributed by atoms with van der Waals surface area (Å²) in [5.74, 6) is -0.280. The highest BCUT2D eigenvalue weighted by Gasteiger charge is 2.19. The van der Waals surface area contributed by atoms with Gasteiger partial charge in [0.05, 0.1) is 0 Å². The number of hydrogen-bond acceptors (Lipinski definition) is 2. The molecule has 1 amide bonds. The Bertz CT molecular complexity index is 219. The molecule has 0 N–H and O–H groups in total. The van der Waals surface area contributed by atoms with Crippen LogP contribution in [0.2, 0.25) is 0 Å². The lowest BCUT2D eigenvalue weighted by Gasteiger charge is -2.23. The van der Waals surface area contributed by atoms with Gasteiger partial charge in [0.25, 0.3) is 5.91 Å². The first-order chi connectivity index (χ1) is 6.99. The summed E-state index contributed by atoms with van der Waals surface area (Å²) >= 11 is 11.1. The number of carbonyl (C=O) groups is 1. The Morgan fingerprint density at radius 2 is 2.13 bits per heavy atom. The maximum absolute atomic E-state index is 11.6. The number of alkyl halides is 2. The van der Waals surface area contributed by atoms with E-state index >= 15 is 0 Å². The number of methoxy groups -OCH3 is 1. The van der Waals surface area contributed by atoms with E-state index in [1.54, 1.807) is 12.0 Å². The number of rotatable bonds is 7. The van der Waals surface area contributed by atoms with Crippen LogP contribution in [0.4, 0.5) is 0 Å². The third kappa shape index (κ3) is 6.77. The zero-order valence-corrected chi connectivity index (χ0v) is 10.6. The van der Waals surface area contributed by atoms with Crippen LogP contribution in [-0.2, 0) is 9.53 Å². The molecule has 15 heavy (non-hydrogen) atoms. The fourth-order valence-electron chi connectivity index (χ4n) is 1.13. The van der Waals surface area contributed by atoms with Crippen LogP contribution in [0.5, 0.6) is 0 Å². The average Bonchev–Trinajstić information content (AvgIpc) is 2.14. The number of ether oxygens (including phenoxy) is 1. The smallest absolute Gasteiger partial charge is 0.256 e. The van der Waals surface area contributed by atoms with Gasteiger partial charge in [0, 0.05) is 26.8 Å². The summed E-state index contributed by atoms with van der Waals surface area (Å²) in [5.41, 5.74) is 0.898. The molecule has 0 fully saturated rings. The van der Waals surface area contributed by atoms with E-state index in [4.69, 9.17) is 27.9 Å². The van der Waals surface area contributed by atoms with Gasteiger partial charge in [0.15, 0.2) is 4.84 Å². The van der Waals surface area contributed by atoms with Crippen molar-refractivity contribution in [3.8, 4) is 0 Å². The van der Waals surface area contributed by atoms with Crippen molar-refractivity contribution in [2.24, 2.45) is 0 Å². The zero-order valence-electron chi connectivity index (χ0n) is 9.13. The Balaban J connectivity index is 4.17. The molecule has 0 atom stereocenters. The highest BCUT2D eigenvalue weighted by molar-refractivity contribution is 6.53. The van der Waals surface area contributed by atoms with Crippen molar-refractivity contribution in [2.45, 2.75) is 18.2 Å². The normalized spacial score (nSPS) is 10.5. The summed E-state index contributed by atoms with van der Waals surface area (Å²) in [4.78, 5) is 12.1. The second-order valence-electron chi connectivity index (χ2n) is 3.36. The minimum absolute atomic E-state index is 0.280. The van der Waals surface area contributed by atoms with Crippen LogP contribution in [0, 0.1) is 0 Å². The fourth-order valence-corrected chi connectivity index (χ4v) is 1.41. The van der Waals surface area contributed by atoms with Crippen molar-refractivity contribution in [1.82, 2.24) is 4.90 Å². The van der Waals surface area contributed by atoms with Gasteiger partial charge in [-0.25, -0.2) is 0 Å². The lowest BCUT2D eigenvalue weighted by atomic mass is 10.3. The Morgan fingerprint density at radius 1 is 1.53 bits per heavy atom. The van der Waals surface area contributed by atoms with Gasteiger partial charge in [-0.15, -0.1) is 0 Å². The summed E-state index contributed by atoms with van der Waals surface area (Å²) in [6, 6.07) is 0. The lowest BCUT2D eigenvalue weighted by Crippen LogP contribution is -2.37. The Morgan fingerprint density at radius 3 is 2.53 bits per heavy atom. The quantitative estimate of drug-likeness (QED) is 0.396. The van der Waals surface area contributed by atoms with Crippen LogP contribution in [0.1, 0.15) is 13.3 Å². The van der Waals surface area contributed by atoms with Crippen molar-refractivity contribution in [3.63, 3.8) is 0 Å². The summed E-state index contributed by atoms with van der Waals surface area (Å²) in [6.07, 6.45) is 0.760. The summed E-state index contributed by atoms with van der Waals surface area (Å²) in [7, 11) is 1.62. The van der Waals surface area contributed by atoms with E-state index in [9.17, 15) is 4.79 Å². The highest BCUT2D eigenvalue weighted by atomic mass is 35.5. The number of hydrogen-bond donors (Lipinski definition) is 0. The van der Waals surface area contributed by atoms with Crippen molar-refractivity contribution >= 4 is 29.1 Å². The molecule has 0 saturated carbocycles. The van der Waals surface area contributed by atoms with Crippen molar-refractivity contribution < 1.29 is 9.53 Å². The Kier molecular flexibility index (Phi) is 7.83. The van der Waals surface area contributed by atoms with Gasteiger partial charge in [-0.05, 0) is 13.3 Å². The highest BCUT2D eigenvalue weighted by Crippen LogP contribution is 2.09. The minimum atomic E-state index is -1.01. The maximum Gasteiger partial charge on any atom is 0.256 e. The molecular weight excluding hydrogens is 237 g/mol. The molecule has 0 aromatic heterocycles. The number of amides is 1. The van der Waals surface area contributed by atoms with Gasteiger partial charge in [0.1, 0.15) is 0 Å². The Labute approximate surface area is 101 Å². The predicted octanol–water partition coefficient (Wildman–Crippen LogP) is 2.23. The number of nitrogens with zero attached hydrogens (tertiary/aromatic N) is 1. The van der Waals surface area contributed by atoms with Gasteiger partial charge in [-0.3, -0.25) is 4.79 Å². The molecule has 0 bridgehead atoms. The van der Waals surface area contributed by atoms with Gasteiger partial charge in [-0.1, -0.05) is 35.4 Å². The molecule has 88 valence electrons. The van der Waals surface area contributed by atoms with Crippen LogP contribution in [0.3, 0.4) is 0 Å². The van der Waals surface area contributed by atoms with Crippen LogP contribution in [-0.4, -0.2) is 42.4 Å². The molecule has 0 rings (SSSR count). The van der Waals surface area contributed by atoms with Gasteiger partial charge >= 0.3 is 0 Å². The predicted molar refractivity (Wildman–Crippen MR) is 63.4 cm³/mol. The van der Waals surface area contributed by atoms with E-state index in [-0.39, 0.29) is 5.91 Å². The van der Waals surface area contributed by atoms with Crippen molar-refractivity contribution in [1.29, 1.82) is 0 Å². The van der Waals surface area contributed by atoms with E-state index in [0.717, 1.165) is 12.0 Å². The molecular formula is C10H17Cl2NO2. The van der Waals surface area contributed by atoms with E-state index in [1.165, 1.54) is 0 Å². The molecule has 5 heteroatoms. The number of carbonyl (C=O) groups excluding carboxylic acids is 1. The molecule has 0 heterocycles. The number of halogens is 2. The van der Waals surface area contributed by atoms with E-state index < -0.39 is 4.84 Å². The van der Waals surface area contributed by atoms with Crippen LogP contribution in [0.15, 0.2) is 12.2 Å². The van der Waals surface area contributed by atoms with E-state index in [2.05, 4.69) is 6.58 Å². The SMILES string of the molecule is C=C(C)CN(CCCOC)C(=O)C(Cl)Cl. The molecule has 0 aromatic carbocycles. The lowest BCUT2D eigenvalue weighted by molar-refractivity contribution is -0.129. The van der Waals surface area contributed by atoms with Crippen molar-refractivity contribution in [3.05, 3.63) is 12.2 Å². The summed E-state index contributed by atoms with van der Waals surface area (Å²) in [5, 5.41) is 0. The maximum atomic E-state index is 11.6. The van der Waals surface area contributed by atoms with Crippen LogP contribution in [0.25, 0.3) is 0 Å². The molecule has 0 unspecified atom stereocenters. The first-order valence-electron chi connectivity index (χ1n) is 4.69. The zero-order chi connectivity index (χ0) is 11.8. The molecule has 0 aliphatic rings. The molecule has 3 nitrogen and oxygen atoms in total. The van der Waals surface area contributed by atoms with Gasteiger partial charge < -0.3 is 9.64 Å². The topological polar surface area (TPSA) is 29.5 Å². The van der Waals surface area contributed by atoms with Crippen LogP contribution < -0.4 is 0 Å². The van der Waals surface area contributed by atoms with Gasteiger partial charge in [0.2, 0.25) is 0 Å². The van der Waals surface area contributed by atoms with E-state index in [0.29, 0.717) is 19.7 Å². The van der Waals surface area contributed by atoms with E-state index in [1.807, 2.05) is 6.92 Å². The second-order valence-corrected chi connectivity index (χ2v) is 4.46. The summed E-state index contributed by atoms with van der Waals surface area (Å²) < 4.78 is 4.91. The molecule has 0 saturated heterocycles. The monoisotopic (exact) mass is 253 g/mol. The summed E-state index contributed by atoms with van der Waals surface area (Å²) in [6.45, 7) is 7.28. The third-order valence-corrected chi connectivity index (χ3v) is 2.11. The largest absolute Gasteiger partial charge is 0.385 e. The third-order valence-electron chi connectivity index (χ3n) is 1.74. The van der Waals surface area contributed by atoms with Gasteiger partial charge in [-0.2, -0.15) is 0 Å². The van der Waals surface area contributed by atoms with Crippen LogP contribution >= 0.6 is 23.2 Å². The minimum Gasteiger partial charge on any atom is -0.385 e. The first-order valence-corrected chi connectivity index (χ1v) is 5.56. The molecule has 0 aliphatic carbocycles. The van der Waals surface area contributed by atoms with Crippen molar-refractivity contribution in [2.75, 3.05) is 26.8 Å². The average molecular weight is 254 g/mol. The molecule has 0 spiro atoms. The molecule has 0 radical (unpaired) electrons. The first kappa shape index (κ1) is 14.8. The Hall–Kier alpha value is -0.250. The standard InChI is InChI=1S/C10H17Cl2NO2/c1-8(2)7-13(5-4-6-15-3)10(14)9(11)12/h9H,1,4-7H2,2-3H3. The molecule has 0 aromatic rings.